The van der Waals surface area contributed by atoms with Gasteiger partial charge in [-0.2, -0.15) is 0 Å². The molecule has 0 aromatic carbocycles. The summed E-state index contributed by atoms with van der Waals surface area (Å²) in [6.07, 6.45) is 0. The van der Waals surface area contributed by atoms with E-state index in [1.807, 2.05) is 17.7 Å². The zero-order chi connectivity index (χ0) is 9.26. The van der Waals surface area contributed by atoms with E-state index in [4.69, 9.17) is 11.6 Å². The Balaban J connectivity index is 2.14. The molecule has 2 heterocycles. The first kappa shape index (κ1) is 9.45. The molecule has 0 N–H and O–H groups in total. The molecule has 0 fully saturated rings. The number of hydrogen-bond acceptors (Lipinski definition) is 5. The van der Waals surface area contributed by atoms with E-state index in [1.54, 1.807) is 34.4 Å². The maximum atomic E-state index is 5.70. The summed E-state index contributed by atoms with van der Waals surface area (Å²) < 4.78 is 1.96. The second-order valence-electron chi connectivity index (χ2n) is 2.29. The van der Waals surface area contributed by atoms with E-state index in [-0.39, 0.29) is 0 Å². The molecule has 2 nitrogen and oxygen atoms in total. The Hall–Kier alpha value is -0.100. The zero-order valence-electron chi connectivity index (χ0n) is 6.65. The monoisotopic (exact) mass is 248 g/mol. The maximum absolute atomic E-state index is 5.70. The minimum absolute atomic E-state index is 0.556. The third kappa shape index (κ3) is 2.43. The van der Waals surface area contributed by atoms with Gasteiger partial charge in [-0.1, -0.05) is 11.6 Å². The Morgan fingerprint density at radius 2 is 1.92 bits per heavy atom. The SMILES string of the molecule is Cc1csc(Sc2nc(Cl)cs2)n1. The van der Waals surface area contributed by atoms with Crippen LogP contribution < -0.4 is 0 Å². The minimum Gasteiger partial charge on any atom is -0.235 e. The summed E-state index contributed by atoms with van der Waals surface area (Å²) in [6, 6.07) is 0. The molecule has 2 rings (SSSR count). The van der Waals surface area contributed by atoms with E-state index in [2.05, 4.69) is 9.97 Å². The van der Waals surface area contributed by atoms with Crippen molar-refractivity contribution in [3.8, 4) is 0 Å². The lowest BCUT2D eigenvalue weighted by atomic mass is 10.6. The van der Waals surface area contributed by atoms with Crippen LogP contribution in [0.3, 0.4) is 0 Å². The maximum Gasteiger partial charge on any atom is 0.158 e. The highest BCUT2D eigenvalue weighted by molar-refractivity contribution is 8.02. The summed E-state index contributed by atoms with van der Waals surface area (Å²) in [5.41, 5.74) is 1.05. The van der Waals surface area contributed by atoms with E-state index in [1.165, 1.54) is 0 Å². The Labute approximate surface area is 93.0 Å². The predicted molar refractivity (Wildman–Crippen MR) is 58.1 cm³/mol. The quantitative estimate of drug-likeness (QED) is 0.810. The average Bonchev–Trinajstić information content (AvgIpc) is 2.62. The van der Waals surface area contributed by atoms with Gasteiger partial charge in [0.1, 0.15) is 5.15 Å². The summed E-state index contributed by atoms with van der Waals surface area (Å²) in [7, 11) is 0. The summed E-state index contributed by atoms with van der Waals surface area (Å²) in [5.74, 6) is 0. The van der Waals surface area contributed by atoms with Crippen molar-refractivity contribution in [3.05, 3.63) is 21.6 Å². The summed E-state index contributed by atoms with van der Waals surface area (Å²) >= 11 is 10.4. The van der Waals surface area contributed by atoms with Crippen LogP contribution in [0.2, 0.25) is 5.15 Å². The van der Waals surface area contributed by atoms with Gasteiger partial charge in [0.15, 0.2) is 8.68 Å². The van der Waals surface area contributed by atoms with Crippen LogP contribution in [-0.2, 0) is 0 Å². The second kappa shape index (κ2) is 3.96. The lowest BCUT2D eigenvalue weighted by Crippen LogP contribution is -1.71. The lowest BCUT2D eigenvalue weighted by Gasteiger charge is -1.87. The first-order valence-corrected chi connectivity index (χ1v) is 6.40. The van der Waals surface area contributed by atoms with Crippen molar-refractivity contribution in [3.63, 3.8) is 0 Å². The van der Waals surface area contributed by atoms with Crippen LogP contribution in [0.1, 0.15) is 5.69 Å². The molecule has 2 aromatic heterocycles. The molecule has 0 unspecified atom stereocenters. The van der Waals surface area contributed by atoms with Gasteiger partial charge in [-0.25, -0.2) is 9.97 Å². The Bertz CT molecular complexity index is 371. The highest BCUT2D eigenvalue weighted by atomic mass is 35.5. The molecule has 0 aliphatic carbocycles. The van der Waals surface area contributed by atoms with Gasteiger partial charge in [0.2, 0.25) is 0 Å². The summed E-state index contributed by atoms with van der Waals surface area (Å²) in [4.78, 5) is 8.45. The number of nitrogens with zero attached hydrogens (tertiary/aromatic N) is 2. The van der Waals surface area contributed by atoms with Gasteiger partial charge in [-0.05, 0) is 18.7 Å². The molecule has 0 bridgehead atoms. The zero-order valence-corrected chi connectivity index (χ0v) is 9.86. The molecule has 68 valence electrons. The minimum atomic E-state index is 0.556. The highest BCUT2D eigenvalue weighted by Crippen LogP contribution is 2.33. The number of aryl methyl sites for hydroxylation is 1. The largest absolute Gasteiger partial charge is 0.235 e. The molecule has 0 spiro atoms. The molecule has 2 aromatic rings. The molecule has 6 heteroatoms. The van der Waals surface area contributed by atoms with Gasteiger partial charge < -0.3 is 0 Å². The molecular formula is C7H5ClN2S3. The Morgan fingerprint density at radius 3 is 2.46 bits per heavy atom. The first-order chi connectivity index (χ1) is 6.24. The standard InChI is InChI=1S/C7H5ClN2S3/c1-4-2-11-6(9-4)13-7-10-5(8)3-12-7/h2-3H,1H3. The van der Waals surface area contributed by atoms with Crippen molar-refractivity contribution in [2.75, 3.05) is 0 Å². The summed E-state index contributed by atoms with van der Waals surface area (Å²) in [5, 5.41) is 4.41. The van der Waals surface area contributed by atoms with Crippen LogP contribution in [0.25, 0.3) is 0 Å². The smallest absolute Gasteiger partial charge is 0.158 e. The lowest BCUT2D eigenvalue weighted by molar-refractivity contribution is 1.15. The molecule has 0 saturated heterocycles. The van der Waals surface area contributed by atoms with Gasteiger partial charge in [0.25, 0.3) is 0 Å². The van der Waals surface area contributed by atoms with Gasteiger partial charge in [-0.15, -0.1) is 22.7 Å². The fourth-order valence-corrected chi connectivity index (χ4v) is 3.77. The van der Waals surface area contributed by atoms with Crippen LogP contribution in [0.15, 0.2) is 19.4 Å². The average molecular weight is 249 g/mol. The van der Waals surface area contributed by atoms with Crippen molar-refractivity contribution < 1.29 is 0 Å². The van der Waals surface area contributed by atoms with Crippen molar-refractivity contribution in [1.29, 1.82) is 0 Å². The second-order valence-corrected chi connectivity index (χ2v) is 5.89. The van der Waals surface area contributed by atoms with E-state index in [0.29, 0.717) is 5.15 Å². The van der Waals surface area contributed by atoms with Crippen LogP contribution in [0.5, 0.6) is 0 Å². The molecule has 0 aliphatic rings. The number of rotatable bonds is 2. The molecule has 0 amide bonds. The Morgan fingerprint density at radius 1 is 1.23 bits per heavy atom. The number of aromatic nitrogens is 2. The number of thiazole rings is 2. The van der Waals surface area contributed by atoms with Gasteiger partial charge >= 0.3 is 0 Å². The number of hydrogen-bond donors (Lipinski definition) is 0. The van der Waals surface area contributed by atoms with Crippen molar-refractivity contribution in [2.45, 2.75) is 15.6 Å². The molecular weight excluding hydrogens is 244 g/mol. The fraction of sp³-hybridized carbons (Fsp3) is 0.143. The molecule has 0 saturated carbocycles. The van der Waals surface area contributed by atoms with Crippen LogP contribution in [-0.4, -0.2) is 9.97 Å². The molecule has 0 atom stereocenters. The van der Waals surface area contributed by atoms with Crippen LogP contribution in [0, 0.1) is 6.92 Å². The van der Waals surface area contributed by atoms with E-state index >= 15 is 0 Å². The van der Waals surface area contributed by atoms with Gasteiger partial charge in [-0.3, -0.25) is 0 Å². The van der Waals surface area contributed by atoms with Crippen molar-refractivity contribution in [2.24, 2.45) is 0 Å². The van der Waals surface area contributed by atoms with Crippen molar-refractivity contribution >= 4 is 46.0 Å². The molecule has 0 radical (unpaired) electrons. The van der Waals surface area contributed by atoms with Crippen molar-refractivity contribution in [1.82, 2.24) is 9.97 Å². The topological polar surface area (TPSA) is 25.8 Å². The Kier molecular flexibility index (Phi) is 2.88. The predicted octanol–water partition coefficient (Wildman–Crippen LogP) is 3.71. The highest BCUT2D eigenvalue weighted by Gasteiger charge is 2.05. The normalized spacial score (nSPS) is 10.6. The van der Waals surface area contributed by atoms with Crippen LogP contribution >= 0.6 is 46.0 Å². The fourth-order valence-electron chi connectivity index (χ4n) is 0.740. The van der Waals surface area contributed by atoms with E-state index < -0.39 is 0 Å². The number of halogens is 1. The first-order valence-electron chi connectivity index (χ1n) is 3.45. The summed E-state index contributed by atoms with van der Waals surface area (Å²) in [6.45, 7) is 1.98. The van der Waals surface area contributed by atoms with Gasteiger partial charge in [0, 0.05) is 16.5 Å². The van der Waals surface area contributed by atoms with Crippen LogP contribution in [0.4, 0.5) is 0 Å². The third-order valence-corrected chi connectivity index (χ3v) is 4.55. The molecule has 13 heavy (non-hydrogen) atoms. The van der Waals surface area contributed by atoms with E-state index in [0.717, 1.165) is 14.4 Å². The van der Waals surface area contributed by atoms with E-state index in [9.17, 15) is 0 Å². The van der Waals surface area contributed by atoms with Gasteiger partial charge in [0.05, 0.1) is 0 Å². The molecule has 0 aliphatic heterocycles. The third-order valence-electron chi connectivity index (χ3n) is 1.23.